The van der Waals surface area contributed by atoms with Gasteiger partial charge in [0.25, 0.3) is 0 Å². The highest BCUT2D eigenvalue weighted by molar-refractivity contribution is 7.89. The maximum atomic E-state index is 13.2. The number of cyclic esters (lactones) is 1. The number of amides is 1. The summed E-state index contributed by atoms with van der Waals surface area (Å²) < 4.78 is 52.3. The van der Waals surface area contributed by atoms with Gasteiger partial charge in [-0.2, -0.15) is 0 Å². The van der Waals surface area contributed by atoms with Crippen LogP contribution in [0.25, 0.3) is 0 Å². The van der Waals surface area contributed by atoms with Crippen molar-refractivity contribution in [3.05, 3.63) is 95.1 Å². The SMILES string of the molecule is CC1(C)OCc2cc(C3CN(CCCCCCOCCCCc4cccc(S(=O)(=O)NC(C)(C)c5ccccc5)c4)C(=O)O3)ccc2O1. The van der Waals surface area contributed by atoms with E-state index in [1.54, 1.807) is 17.0 Å². The minimum Gasteiger partial charge on any atom is -0.463 e. The summed E-state index contributed by atoms with van der Waals surface area (Å²) in [4.78, 5) is 14.6. The van der Waals surface area contributed by atoms with Crippen LogP contribution in [-0.2, 0) is 42.8 Å². The van der Waals surface area contributed by atoms with E-state index in [-0.39, 0.29) is 17.1 Å². The van der Waals surface area contributed by atoms with Crippen LogP contribution in [0, 0.1) is 0 Å². The lowest BCUT2D eigenvalue weighted by molar-refractivity contribution is -0.180. The van der Waals surface area contributed by atoms with Gasteiger partial charge in [0.2, 0.25) is 15.8 Å². The van der Waals surface area contributed by atoms with Crippen molar-refractivity contribution in [1.29, 1.82) is 0 Å². The Kier molecular flexibility index (Phi) is 11.8. The maximum Gasteiger partial charge on any atom is 0.410 e. The van der Waals surface area contributed by atoms with Crippen LogP contribution in [0.5, 0.6) is 5.75 Å². The molecule has 2 heterocycles. The minimum absolute atomic E-state index is 0.258. The minimum atomic E-state index is -3.68. The molecule has 260 valence electrons. The molecule has 48 heavy (non-hydrogen) atoms. The predicted octanol–water partition coefficient (Wildman–Crippen LogP) is 7.64. The first-order valence-electron chi connectivity index (χ1n) is 17.1. The topological polar surface area (TPSA) is 103 Å². The van der Waals surface area contributed by atoms with Crippen molar-refractivity contribution >= 4 is 16.1 Å². The van der Waals surface area contributed by atoms with E-state index in [1.807, 2.05) is 88.4 Å². The Labute approximate surface area is 286 Å². The molecule has 0 radical (unpaired) electrons. The number of carbonyl (C=O) groups excluding carboxylic acids is 1. The molecular weight excluding hydrogens is 628 g/mol. The largest absolute Gasteiger partial charge is 0.463 e. The quantitative estimate of drug-likeness (QED) is 0.146. The first-order valence-corrected chi connectivity index (χ1v) is 18.6. The van der Waals surface area contributed by atoms with Crippen LogP contribution in [0.1, 0.15) is 94.6 Å². The van der Waals surface area contributed by atoms with Gasteiger partial charge in [0.05, 0.1) is 23.6 Å². The van der Waals surface area contributed by atoms with Gasteiger partial charge in [-0.1, -0.05) is 61.4 Å². The van der Waals surface area contributed by atoms with Crippen LogP contribution in [0.3, 0.4) is 0 Å². The fraction of sp³-hybridized carbons (Fsp3) is 0.500. The number of unbranched alkanes of at least 4 members (excludes halogenated alkanes) is 4. The number of rotatable bonds is 17. The highest BCUT2D eigenvalue weighted by Crippen LogP contribution is 2.35. The molecule has 0 aliphatic carbocycles. The Morgan fingerprint density at radius 2 is 1.67 bits per heavy atom. The van der Waals surface area contributed by atoms with Gasteiger partial charge >= 0.3 is 6.09 Å². The molecule has 2 aliphatic rings. The third-order valence-corrected chi connectivity index (χ3v) is 10.5. The number of hydrogen-bond acceptors (Lipinski definition) is 7. The van der Waals surface area contributed by atoms with Crippen molar-refractivity contribution in [2.45, 2.75) is 102 Å². The molecule has 1 fully saturated rings. The van der Waals surface area contributed by atoms with Crippen LogP contribution < -0.4 is 9.46 Å². The number of fused-ring (bicyclic) bond motifs is 1. The fourth-order valence-electron chi connectivity index (χ4n) is 6.09. The Morgan fingerprint density at radius 1 is 0.917 bits per heavy atom. The highest BCUT2D eigenvalue weighted by atomic mass is 32.2. The van der Waals surface area contributed by atoms with Crippen LogP contribution >= 0.6 is 0 Å². The summed E-state index contributed by atoms with van der Waals surface area (Å²) in [6.45, 7) is 10.6. The Bertz CT molecular complexity index is 1620. The monoisotopic (exact) mass is 678 g/mol. The van der Waals surface area contributed by atoms with Gasteiger partial charge in [-0.15, -0.1) is 0 Å². The van der Waals surface area contributed by atoms with Crippen LogP contribution in [0.15, 0.2) is 77.7 Å². The molecule has 2 aliphatic heterocycles. The van der Waals surface area contributed by atoms with Crippen molar-refractivity contribution in [3.63, 3.8) is 0 Å². The number of nitrogens with zero attached hydrogens (tertiary/aromatic N) is 1. The Morgan fingerprint density at radius 3 is 2.46 bits per heavy atom. The zero-order chi connectivity index (χ0) is 34.2. The van der Waals surface area contributed by atoms with Crippen molar-refractivity contribution in [1.82, 2.24) is 9.62 Å². The average molecular weight is 679 g/mol. The first-order chi connectivity index (χ1) is 22.9. The van der Waals surface area contributed by atoms with Crippen LogP contribution in [0.2, 0.25) is 0 Å². The highest BCUT2D eigenvalue weighted by Gasteiger charge is 2.34. The van der Waals surface area contributed by atoms with Crippen LogP contribution in [0.4, 0.5) is 4.79 Å². The third kappa shape index (κ3) is 9.81. The standard InChI is InChI=1S/C38H50N2O7S/c1-37(2,32-17-8-7-9-18-32)39-48(42,43)33-19-14-16-29(25-33)15-10-13-24-44-23-12-6-5-11-22-40-27-35(46-36(40)41)30-20-21-34-31(26-30)28-45-38(3,4)47-34/h7-9,14,16-21,25-26,35,39H,5-6,10-13,15,22-24,27-28H2,1-4H3. The number of benzene rings is 3. The second kappa shape index (κ2) is 15.8. The molecule has 1 saturated heterocycles. The van der Waals surface area contributed by atoms with E-state index in [0.29, 0.717) is 32.9 Å². The Hall–Kier alpha value is -3.44. The predicted molar refractivity (Wildman–Crippen MR) is 185 cm³/mol. The van der Waals surface area contributed by atoms with E-state index in [0.717, 1.165) is 72.9 Å². The molecule has 1 amide bonds. The summed E-state index contributed by atoms with van der Waals surface area (Å²) in [6.07, 6.45) is 6.07. The van der Waals surface area contributed by atoms with Crippen molar-refractivity contribution in [2.24, 2.45) is 0 Å². The molecule has 0 spiro atoms. The van der Waals surface area contributed by atoms with Gasteiger partial charge in [0, 0.05) is 39.2 Å². The van der Waals surface area contributed by atoms with E-state index >= 15 is 0 Å². The maximum absolute atomic E-state index is 13.2. The number of hydrogen-bond donors (Lipinski definition) is 1. The van der Waals surface area contributed by atoms with Gasteiger partial charge in [0.15, 0.2) is 0 Å². The average Bonchev–Trinajstić information content (AvgIpc) is 3.43. The number of nitrogens with one attached hydrogen (secondary N) is 1. The van der Waals surface area contributed by atoms with Gasteiger partial charge in [-0.05, 0) is 86.9 Å². The summed E-state index contributed by atoms with van der Waals surface area (Å²) in [5, 5.41) is 0. The molecule has 10 heteroatoms. The normalized spacial score (nSPS) is 17.5. The summed E-state index contributed by atoms with van der Waals surface area (Å²) >= 11 is 0. The smallest absolute Gasteiger partial charge is 0.410 e. The van der Waals surface area contributed by atoms with Crippen molar-refractivity contribution in [2.75, 3.05) is 26.3 Å². The molecular formula is C38H50N2O7S. The van der Waals surface area contributed by atoms with E-state index in [4.69, 9.17) is 18.9 Å². The number of ether oxygens (including phenoxy) is 4. The lowest BCUT2D eigenvalue weighted by atomic mass is 9.96. The molecule has 0 bridgehead atoms. The molecule has 0 aromatic heterocycles. The lowest BCUT2D eigenvalue weighted by Crippen LogP contribution is -2.40. The van der Waals surface area contributed by atoms with Crippen molar-refractivity contribution < 1.29 is 32.2 Å². The third-order valence-electron chi connectivity index (χ3n) is 8.84. The van der Waals surface area contributed by atoms with Gasteiger partial charge in [0.1, 0.15) is 11.9 Å². The second-order valence-corrected chi connectivity index (χ2v) is 15.4. The van der Waals surface area contributed by atoms with E-state index in [2.05, 4.69) is 4.72 Å². The molecule has 1 atom stereocenters. The van der Waals surface area contributed by atoms with Gasteiger partial charge < -0.3 is 23.8 Å². The molecule has 3 aromatic carbocycles. The summed E-state index contributed by atoms with van der Waals surface area (Å²) in [5.41, 5.74) is 3.11. The van der Waals surface area contributed by atoms with E-state index in [1.165, 1.54) is 0 Å². The van der Waals surface area contributed by atoms with E-state index in [9.17, 15) is 13.2 Å². The fourth-order valence-corrected chi connectivity index (χ4v) is 7.57. The molecule has 3 aromatic rings. The number of aryl methyl sites for hydroxylation is 1. The molecule has 5 rings (SSSR count). The molecule has 1 unspecified atom stereocenters. The zero-order valence-corrected chi connectivity index (χ0v) is 29.5. The van der Waals surface area contributed by atoms with Gasteiger partial charge in [-0.25, -0.2) is 17.9 Å². The number of carbonyl (C=O) groups is 1. The molecule has 0 saturated carbocycles. The summed E-state index contributed by atoms with van der Waals surface area (Å²) in [5.74, 6) is 0.176. The Balaban J connectivity index is 0.923. The lowest BCUT2D eigenvalue weighted by Gasteiger charge is -2.32. The summed E-state index contributed by atoms with van der Waals surface area (Å²) in [7, 11) is -3.68. The van der Waals surface area contributed by atoms with Crippen molar-refractivity contribution in [3.8, 4) is 5.75 Å². The van der Waals surface area contributed by atoms with E-state index < -0.39 is 21.3 Å². The molecule has 9 nitrogen and oxygen atoms in total. The first kappa shape index (κ1) is 35.9. The summed E-state index contributed by atoms with van der Waals surface area (Å²) in [6, 6.07) is 22.7. The number of sulfonamides is 1. The zero-order valence-electron chi connectivity index (χ0n) is 28.7. The molecule has 1 N–H and O–H groups in total. The van der Waals surface area contributed by atoms with Crippen LogP contribution in [-0.4, -0.2) is 51.5 Å². The second-order valence-electron chi connectivity index (χ2n) is 13.7. The van der Waals surface area contributed by atoms with Gasteiger partial charge in [-0.3, -0.25) is 0 Å².